The van der Waals surface area contributed by atoms with E-state index in [2.05, 4.69) is 9.97 Å². The first-order valence-corrected chi connectivity index (χ1v) is 12.5. The van der Waals surface area contributed by atoms with Gasteiger partial charge in [-0.25, -0.2) is 13.4 Å². The van der Waals surface area contributed by atoms with E-state index in [1.807, 2.05) is 24.3 Å². The molecule has 0 radical (unpaired) electrons. The summed E-state index contributed by atoms with van der Waals surface area (Å²) in [6.45, 7) is 1.50. The monoisotopic (exact) mass is 450 g/mol. The van der Waals surface area contributed by atoms with Crippen molar-refractivity contribution in [2.24, 2.45) is 0 Å². The Morgan fingerprint density at radius 1 is 1.03 bits per heavy atom. The molecule has 1 aromatic heterocycles. The lowest BCUT2D eigenvalue weighted by Gasteiger charge is -2.31. The predicted molar refractivity (Wildman–Crippen MR) is 122 cm³/mol. The molecular formula is C24H26N4O3S. The molecule has 1 N–H and O–H groups in total. The number of aryl methyl sites for hydroxylation is 1. The number of sulfonamides is 1. The molecule has 1 saturated heterocycles. The molecule has 5 rings (SSSR count). The van der Waals surface area contributed by atoms with Crippen LogP contribution in [0, 0.1) is 0 Å². The molecule has 8 heteroatoms. The third kappa shape index (κ3) is 3.84. The lowest BCUT2D eigenvalue weighted by atomic mass is 9.98. The number of nitrogens with zero attached hydrogens (tertiary/aromatic N) is 3. The summed E-state index contributed by atoms with van der Waals surface area (Å²) in [4.78, 5) is 22.7. The highest BCUT2D eigenvalue weighted by Gasteiger charge is 2.31. The topological polar surface area (TPSA) is 86.4 Å². The fourth-order valence-corrected chi connectivity index (χ4v) is 6.23. The number of amides is 1. The molecule has 1 amide bonds. The number of piperidine rings is 1. The van der Waals surface area contributed by atoms with Gasteiger partial charge in [-0.3, -0.25) is 4.79 Å². The number of anilines is 1. The number of fused-ring (bicyclic) bond motifs is 1. The van der Waals surface area contributed by atoms with Crippen LogP contribution in [0.4, 0.5) is 5.69 Å². The second kappa shape index (κ2) is 8.52. The van der Waals surface area contributed by atoms with Gasteiger partial charge in [0.1, 0.15) is 5.82 Å². The van der Waals surface area contributed by atoms with Crippen LogP contribution in [-0.4, -0.2) is 48.2 Å². The minimum atomic E-state index is -3.67. The first kappa shape index (κ1) is 20.9. The van der Waals surface area contributed by atoms with Gasteiger partial charge < -0.3 is 9.88 Å². The van der Waals surface area contributed by atoms with E-state index < -0.39 is 10.0 Å². The van der Waals surface area contributed by atoms with Crippen molar-refractivity contribution in [3.8, 4) is 0 Å². The first-order valence-electron chi connectivity index (χ1n) is 11.0. The Kier molecular flexibility index (Phi) is 5.57. The van der Waals surface area contributed by atoms with Crippen molar-refractivity contribution < 1.29 is 13.2 Å². The second-order valence-corrected chi connectivity index (χ2v) is 10.3. The summed E-state index contributed by atoms with van der Waals surface area (Å²) in [5.74, 6) is 0.991. The molecule has 0 saturated carbocycles. The molecule has 32 heavy (non-hydrogen) atoms. The van der Waals surface area contributed by atoms with Crippen molar-refractivity contribution in [2.45, 2.75) is 36.5 Å². The Morgan fingerprint density at radius 2 is 1.84 bits per heavy atom. The summed E-state index contributed by atoms with van der Waals surface area (Å²) in [7, 11) is -3.67. The lowest BCUT2D eigenvalue weighted by molar-refractivity contribution is 0.0985. The maximum absolute atomic E-state index is 13.3. The number of hydrogen-bond acceptors (Lipinski definition) is 4. The minimum Gasteiger partial charge on any atom is -0.348 e. The Bertz CT molecular complexity index is 1220. The van der Waals surface area contributed by atoms with Crippen LogP contribution in [0.1, 0.15) is 46.9 Å². The van der Waals surface area contributed by atoms with Gasteiger partial charge in [0, 0.05) is 49.2 Å². The van der Waals surface area contributed by atoms with Gasteiger partial charge in [-0.15, -0.1) is 0 Å². The summed E-state index contributed by atoms with van der Waals surface area (Å²) < 4.78 is 28.1. The van der Waals surface area contributed by atoms with Gasteiger partial charge >= 0.3 is 0 Å². The third-order valence-corrected chi connectivity index (χ3v) is 8.33. The fraction of sp³-hybridized carbons (Fsp3) is 0.333. The number of aromatic amines is 1. The van der Waals surface area contributed by atoms with E-state index in [0.29, 0.717) is 25.2 Å². The zero-order chi connectivity index (χ0) is 22.1. The van der Waals surface area contributed by atoms with Crippen molar-refractivity contribution >= 4 is 21.6 Å². The highest BCUT2D eigenvalue weighted by molar-refractivity contribution is 7.89. The normalized spacial score (nSPS) is 17.8. The Labute approximate surface area is 188 Å². The van der Waals surface area contributed by atoms with Gasteiger partial charge in [-0.2, -0.15) is 4.31 Å². The van der Waals surface area contributed by atoms with Crippen LogP contribution in [0.25, 0.3) is 0 Å². The molecule has 0 spiro atoms. The van der Waals surface area contributed by atoms with E-state index in [-0.39, 0.29) is 16.7 Å². The number of hydrogen-bond donors (Lipinski definition) is 1. The summed E-state index contributed by atoms with van der Waals surface area (Å²) in [6.07, 6.45) is 6.79. The van der Waals surface area contributed by atoms with Crippen LogP contribution in [-0.2, 0) is 16.4 Å². The standard InChI is InChI=1S/C24H26N4O3S/c29-24(28-14-4-7-18-5-1-2-9-22(18)28)20-6-3-8-21(17-20)32(30,31)27-15-10-19(11-16-27)23-25-12-13-26-23/h1-3,5-6,8-9,12-13,17,19H,4,7,10-11,14-16H2,(H,25,26). The van der Waals surface area contributed by atoms with E-state index >= 15 is 0 Å². The van der Waals surface area contributed by atoms with Crippen molar-refractivity contribution in [2.75, 3.05) is 24.5 Å². The molecule has 2 aromatic carbocycles. The average molecular weight is 451 g/mol. The van der Waals surface area contributed by atoms with Gasteiger partial charge in [0.25, 0.3) is 5.91 Å². The van der Waals surface area contributed by atoms with Crippen LogP contribution >= 0.6 is 0 Å². The van der Waals surface area contributed by atoms with Crippen LogP contribution in [0.3, 0.4) is 0 Å². The van der Waals surface area contributed by atoms with Crippen molar-refractivity contribution in [1.29, 1.82) is 0 Å². The van der Waals surface area contributed by atoms with Gasteiger partial charge in [-0.1, -0.05) is 24.3 Å². The SMILES string of the molecule is O=C(c1cccc(S(=O)(=O)N2CCC(c3ncc[nH]3)CC2)c1)N1CCCc2ccccc21. The lowest BCUT2D eigenvalue weighted by Crippen LogP contribution is -2.38. The van der Waals surface area contributed by atoms with E-state index in [1.165, 1.54) is 10.4 Å². The Morgan fingerprint density at radius 3 is 2.62 bits per heavy atom. The number of H-pyrrole nitrogens is 1. The Balaban J connectivity index is 1.35. The average Bonchev–Trinajstić information content (AvgIpc) is 3.38. The molecule has 2 aliphatic heterocycles. The summed E-state index contributed by atoms with van der Waals surface area (Å²) in [5, 5.41) is 0. The van der Waals surface area contributed by atoms with Gasteiger partial charge in [0.05, 0.1) is 4.90 Å². The number of para-hydroxylation sites is 1. The highest BCUT2D eigenvalue weighted by atomic mass is 32.2. The minimum absolute atomic E-state index is 0.161. The maximum Gasteiger partial charge on any atom is 0.258 e. The van der Waals surface area contributed by atoms with Gasteiger partial charge in [-0.05, 0) is 55.5 Å². The third-order valence-electron chi connectivity index (χ3n) is 6.43. The molecule has 0 atom stereocenters. The zero-order valence-electron chi connectivity index (χ0n) is 17.8. The van der Waals surface area contributed by atoms with Crippen LogP contribution < -0.4 is 4.90 Å². The second-order valence-electron chi connectivity index (χ2n) is 8.37. The fourth-order valence-electron chi connectivity index (χ4n) is 4.71. The van der Waals surface area contributed by atoms with Gasteiger partial charge in [0.15, 0.2) is 0 Å². The van der Waals surface area contributed by atoms with E-state index in [1.54, 1.807) is 35.5 Å². The molecular weight excluding hydrogens is 424 g/mol. The molecule has 3 heterocycles. The quantitative estimate of drug-likeness (QED) is 0.658. The molecule has 3 aromatic rings. The van der Waals surface area contributed by atoms with E-state index in [0.717, 1.165) is 42.8 Å². The molecule has 2 aliphatic rings. The molecule has 166 valence electrons. The predicted octanol–water partition coefficient (Wildman–Crippen LogP) is 3.57. The number of aromatic nitrogens is 2. The number of rotatable bonds is 4. The van der Waals surface area contributed by atoms with E-state index in [9.17, 15) is 13.2 Å². The first-order chi connectivity index (χ1) is 15.5. The van der Waals surface area contributed by atoms with Crippen molar-refractivity contribution in [1.82, 2.24) is 14.3 Å². The smallest absolute Gasteiger partial charge is 0.258 e. The number of carbonyl (C=O) groups excluding carboxylic acids is 1. The largest absolute Gasteiger partial charge is 0.348 e. The zero-order valence-corrected chi connectivity index (χ0v) is 18.6. The molecule has 7 nitrogen and oxygen atoms in total. The summed E-state index contributed by atoms with van der Waals surface area (Å²) >= 11 is 0. The maximum atomic E-state index is 13.3. The molecule has 0 bridgehead atoms. The van der Waals surface area contributed by atoms with Crippen molar-refractivity contribution in [3.63, 3.8) is 0 Å². The molecule has 1 fully saturated rings. The number of carbonyl (C=O) groups is 1. The number of imidazole rings is 1. The van der Waals surface area contributed by atoms with Crippen LogP contribution in [0.5, 0.6) is 0 Å². The molecule has 0 aliphatic carbocycles. The van der Waals surface area contributed by atoms with Crippen LogP contribution in [0.2, 0.25) is 0 Å². The number of benzene rings is 2. The van der Waals surface area contributed by atoms with Crippen molar-refractivity contribution in [3.05, 3.63) is 77.9 Å². The number of nitrogens with one attached hydrogen (secondary N) is 1. The summed E-state index contributed by atoms with van der Waals surface area (Å²) in [5.41, 5.74) is 2.46. The van der Waals surface area contributed by atoms with Crippen LogP contribution in [0.15, 0.2) is 65.8 Å². The summed E-state index contributed by atoms with van der Waals surface area (Å²) in [6, 6.07) is 14.4. The van der Waals surface area contributed by atoms with E-state index in [4.69, 9.17) is 0 Å². The molecule has 0 unspecified atom stereocenters. The van der Waals surface area contributed by atoms with Gasteiger partial charge in [0.2, 0.25) is 10.0 Å². The Hall–Kier alpha value is -2.97. The highest BCUT2D eigenvalue weighted by Crippen LogP contribution is 2.31.